The number of nitro groups is 1. The van der Waals surface area contributed by atoms with Gasteiger partial charge in [-0.1, -0.05) is 0 Å². The third-order valence-electron chi connectivity index (χ3n) is 3.91. The van der Waals surface area contributed by atoms with Crippen molar-refractivity contribution in [1.29, 1.82) is 0 Å². The highest BCUT2D eigenvalue weighted by Gasteiger charge is 2.51. The fourth-order valence-corrected chi connectivity index (χ4v) is 3.83. The molecule has 2 aliphatic heterocycles. The molecule has 3 rings (SSSR count). The molecule has 1 aromatic carbocycles. The number of fused-ring (bicyclic) bond motifs is 1. The third kappa shape index (κ3) is 2.76. The van der Waals surface area contributed by atoms with Crippen LogP contribution in [0.1, 0.15) is 12.5 Å². The number of non-ortho nitro benzene ring substituents is 1. The molecule has 0 spiro atoms. The van der Waals surface area contributed by atoms with Crippen LogP contribution in [0, 0.1) is 10.1 Å². The Balaban J connectivity index is 1.68. The zero-order valence-electron chi connectivity index (χ0n) is 12.8. The van der Waals surface area contributed by atoms with Gasteiger partial charge in [0, 0.05) is 17.9 Å². The highest BCUT2D eigenvalue weighted by atomic mass is 32.2. The molecular formula is C15H15N3O5S. The fourth-order valence-electron chi connectivity index (χ4n) is 2.59. The molecule has 9 heteroatoms. The first kappa shape index (κ1) is 16.5. The molecule has 2 N–H and O–H groups in total. The summed E-state index contributed by atoms with van der Waals surface area (Å²) in [6.45, 7) is 1.75. The first-order valence-electron chi connectivity index (χ1n) is 7.20. The van der Waals surface area contributed by atoms with E-state index in [-0.39, 0.29) is 29.3 Å². The number of hydrogen-bond acceptors (Lipinski definition) is 7. The Hall–Kier alpha value is -2.39. The normalized spacial score (nSPS) is 22.8. The molecule has 0 aliphatic carbocycles. The molecule has 1 saturated heterocycles. The summed E-state index contributed by atoms with van der Waals surface area (Å²) in [5.74, 6) is -0.255. The van der Waals surface area contributed by atoms with Gasteiger partial charge in [-0.25, -0.2) is 4.79 Å². The van der Waals surface area contributed by atoms with Crippen LogP contribution in [0.5, 0.6) is 0 Å². The molecule has 1 fully saturated rings. The van der Waals surface area contributed by atoms with Gasteiger partial charge in [0.05, 0.1) is 4.92 Å². The monoisotopic (exact) mass is 349 g/mol. The van der Waals surface area contributed by atoms with Crippen molar-refractivity contribution in [3.05, 3.63) is 51.2 Å². The zero-order chi connectivity index (χ0) is 17.4. The van der Waals surface area contributed by atoms with Crippen molar-refractivity contribution in [3.63, 3.8) is 0 Å². The lowest BCUT2D eigenvalue weighted by Crippen LogP contribution is -2.68. The molecule has 0 saturated carbocycles. The lowest BCUT2D eigenvalue weighted by Gasteiger charge is -2.48. The Bertz CT molecular complexity index is 746. The van der Waals surface area contributed by atoms with Crippen molar-refractivity contribution < 1.29 is 19.2 Å². The van der Waals surface area contributed by atoms with E-state index < -0.39 is 16.9 Å². The Morgan fingerprint density at radius 1 is 1.46 bits per heavy atom. The van der Waals surface area contributed by atoms with Gasteiger partial charge in [0.1, 0.15) is 23.7 Å². The van der Waals surface area contributed by atoms with E-state index in [1.165, 1.54) is 40.9 Å². The minimum atomic E-state index is -0.587. The number of thioether (sulfide) groups is 1. The lowest BCUT2D eigenvalue weighted by atomic mass is 10.0. The Kier molecular flexibility index (Phi) is 4.29. The Morgan fingerprint density at radius 2 is 2.12 bits per heavy atom. The van der Waals surface area contributed by atoms with E-state index in [1.807, 2.05) is 0 Å². The van der Waals surface area contributed by atoms with E-state index in [1.54, 1.807) is 6.92 Å². The van der Waals surface area contributed by atoms with Gasteiger partial charge in [0.2, 0.25) is 5.91 Å². The molecule has 1 amide bonds. The van der Waals surface area contributed by atoms with Crippen LogP contribution < -0.4 is 5.73 Å². The summed E-state index contributed by atoms with van der Waals surface area (Å²) in [7, 11) is 0. The molecule has 24 heavy (non-hydrogen) atoms. The number of nitrogens with two attached hydrogens (primary N) is 1. The summed E-state index contributed by atoms with van der Waals surface area (Å²) < 4.78 is 5.26. The number of amides is 1. The van der Waals surface area contributed by atoms with Crippen molar-refractivity contribution in [2.45, 2.75) is 24.9 Å². The topological polar surface area (TPSA) is 116 Å². The maximum absolute atomic E-state index is 12.4. The number of hydrogen-bond donors (Lipinski definition) is 1. The first-order chi connectivity index (χ1) is 11.4. The van der Waals surface area contributed by atoms with E-state index >= 15 is 0 Å². The summed E-state index contributed by atoms with van der Waals surface area (Å²) in [5.41, 5.74) is 7.37. The second kappa shape index (κ2) is 6.25. The van der Waals surface area contributed by atoms with Crippen molar-refractivity contribution in [2.75, 3.05) is 5.75 Å². The number of benzene rings is 1. The fraction of sp³-hybridized carbons (Fsp3) is 0.333. The minimum absolute atomic E-state index is 0.0283. The number of nitrogens with zero attached hydrogens (tertiary/aromatic N) is 2. The van der Waals surface area contributed by atoms with E-state index in [2.05, 4.69) is 0 Å². The van der Waals surface area contributed by atoms with Gasteiger partial charge < -0.3 is 10.5 Å². The average molecular weight is 349 g/mol. The Morgan fingerprint density at radius 3 is 2.75 bits per heavy atom. The summed E-state index contributed by atoms with van der Waals surface area (Å²) in [6, 6.07) is 5.16. The molecule has 1 aromatic rings. The van der Waals surface area contributed by atoms with Crippen LogP contribution in [0.3, 0.4) is 0 Å². The van der Waals surface area contributed by atoms with Crippen LogP contribution in [-0.4, -0.2) is 38.9 Å². The predicted molar refractivity (Wildman–Crippen MR) is 86.7 cm³/mol. The van der Waals surface area contributed by atoms with Gasteiger partial charge in [-0.2, -0.15) is 0 Å². The van der Waals surface area contributed by atoms with Gasteiger partial charge in [0.25, 0.3) is 5.69 Å². The number of ether oxygens (including phenoxy) is 1. The number of carbonyl (C=O) groups is 2. The highest BCUT2D eigenvalue weighted by molar-refractivity contribution is 8.00. The number of rotatable bonds is 4. The van der Waals surface area contributed by atoms with Crippen molar-refractivity contribution in [3.8, 4) is 0 Å². The van der Waals surface area contributed by atoms with Crippen LogP contribution >= 0.6 is 11.8 Å². The number of β-lactam (4-membered cyclic amide) rings is 1. The predicted octanol–water partition coefficient (Wildman–Crippen LogP) is 1.15. The molecule has 2 atom stereocenters. The summed E-state index contributed by atoms with van der Waals surface area (Å²) in [4.78, 5) is 35.8. The zero-order valence-corrected chi connectivity index (χ0v) is 13.6. The summed E-state index contributed by atoms with van der Waals surface area (Å²) >= 11 is 1.52. The van der Waals surface area contributed by atoms with Crippen molar-refractivity contribution in [1.82, 2.24) is 4.90 Å². The molecule has 0 bridgehead atoms. The van der Waals surface area contributed by atoms with Gasteiger partial charge in [-0.3, -0.25) is 19.8 Å². The maximum atomic E-state index is 12.4. The standard InChI is InChI=1S/C15H15N3O5S/c1-8-7-24-14-11(16)13(19)17(14)12(8)15(20)23-6-9-2-4-10(5-3-9)18(21)22/h2-5,11,14H,6-7,16H2,1H3/t11?,14-/m0/s1. The third-order valence-corrected chi connectivity index (χ3v) is 5.36. The van der Waals surface area contributed by atoms with Crippen LogP contribution in [0.2, 0.25) is 0 Å². The van der Waals surface area contributed by atoms with Crippen LogP contribution in [0.25, 0.3) is 0 Å². The number of carbonyl (C=O) groups excluding carboxylic acids is 2. The number of nitro benzene ring substituents is 1. The Labute approximate surface area is 141 Å². The molecule has 0 radical (unpaired) electrons. The van der Waals surface area contributed by atoms with Gasteiger partial charge >= 0.3 is 5.97 Å². The number of esters is 1. The van der Waals surface area contributed by atoms with E-state index in [4.69, 9.17) is 10.5 Å². The molecule has 126 valence electrons. The first-order valence-corrected chi connectivity index (χ1v) is 8.25. The highest BCUT2D eigenvalue weighted by Crippen LogP contribution is 2.39. The van der Waals surface area contributed by atoms with Crippen LogP contribution in [0.15, 0.2) is 35.5 Å². The van der Waals surface area contributed by atoms with Crippen molar-refractivity contribution >= 4 is 29.3 Å². The van der Waals surface area contributed by atoms with Gasteiger partial charge in [0.15, 0.2) is 0 Å². The molecule has 2 heterocycles. The molecular weight excluding hydrogens is 334 g/mol. The molecule has 0 aromatic heterocycles. The maximum Gasteiger partial charge on any atom is 0.355 e. The quantitative estimate of drug-likeness (QED) is 0.375. The molecule has 2 aliphatic rings. The second-order valence-corrected chi connectivity index (χ2v) is 6.67. The molecule has 1 unspecified atom stereocenters. The lowest BCUT2D eigenvalue weighted by molar-refractivity contribution is -0.384. The van der Waals surface area contributed by atoms with E-state index in [0.29, 0.717) is 11.3 Å². The van der Waals surface area contributed by atoms with E-state index in [0.717, 1.165) is 5.57 Å². The smallest absolute Gasteiger partial charge is 0.355 e. The van der Waals surface area contributed by atoms with Crippen molar-refractivity contribution in [2.24, 2.45) is 5.73 Å². The van der Waals surface area contributed by atoms with Crippen LogP contribution in [0.4, 0.5) is 5.69 Å². The van der Waals surface area contributed by atoms with Crippen LogP contribution in [-0.2, 0) is 20.9 Å². The second-order valence-electron chi connectivity index (χ2n) is 5.56. The van der Waals surface area contributed by atoms with E-state index in [9.17, 15) is 19.7 Å². The summed E-state index contributed by atoms with van der Waals surface area (Å²) in [5, 5.41) is 10.4. The van der Waals surface area contributed by atoms with Gasteiger partial charge in [-0.05, 0) is 30.2 Å². The van der Waals surface area contributed by atoms with Gasteiger partial charge in [-0.15, -0.1) is 11.8 Å². The minimum Gasteiger partial charge on any atom is -0.456 e. The largest absolute Gasteiger partial charge is 0.456 e. The molecule has 8 nitrogen and oxygen atoms in total. The SMILES string of the molecule is CC1=C(C(=O)OCc2ccc([N+](=O)[O-])cc2)N2C(=O)C(N)[C@@H]2SC1. The summed E-state index contributed by atoms with van der Waals surface area (Å²) in [6.07, 6.45) is 0. The average Bonchev–Trinajstić information content (AvgIpc) is 2.59.